The van der Waals surface area contributed by atoms with Crippen molar-refractivity contribution in [3.05, 3.63) is 84.4 Å². The van der Waals surface area contributed by atoms with Gasteiger partial charge in [-0.3, -0.25) is 9.69 Å². The van der Waals surface area contributed by atoms with Gasteiger partial charge >= 0.3 is 6.15 Å². The fraction of sp³-hybridized carbons (Fsp3) is 0.154. The zero-order valence-corrected chi connectivity index (χ0v) is 19.6. The van der Waals surface area contributed by atoms with Gasteiger partial charge in [-0.1, -0.05) is 24.3 Å². The number of aromatic nitrogens is 6. The van der Waals surface area contributed by atoms with Gasteiger partial charge in [-0.25, -0.2) is 9.50 Å². The molecule has 1 aromatic carbocycles. The molecule has 0 atom stereocenters. The van der Waals surface area contributed by atoms with Crippen molar-refractivity contribution in [3.8, 4) is 22.6 Å². The van der Waals surface area contributed by atoms with E-state index in [1.54, 1.807) is 17.4 Å². The first-order chi connectivity index (χ1) is 17.5. The Kier molecular flexibility index (Phi) is 5.93. The van der Waals surface area contributed by atoms with E-state index in [0.29, 0.717) is 29.4 Å². The van der Waals surface area contributed by atoms with Crippen LogP contribution in [0.15, 0.2) is 73.3 Å². The Morgan fingerprint density at radius 1 is 1.00 bits per heavy atom. The maximum absolute atomic E-state index is 13.4. The third-order valence-corrected chi connectivity index (χ3v) is 6.01. The van der Waals surface area contributed by atoms with Gasteiger partial charge in [0.2, 0.25) is 0 Å². The summed E-state index contributed by atoms with van der Waals surface area (Å²) in [5, 5.41) is 12.6. The third kappa shape index (κ3) is 4.06. The number of carbonyl (C=O) groups excluding carboxylic acids is 3. The Balaban J connectivity index is 0.000000848. The smallest absolute Gasteiger partial charge is 0.310 e. The molecule has 1 amide bonds. The highest BCUT2D eigenvalue weighted by Gasteiger charge is 2.30. The van der Waals surface area contributed by atoms with Gasteiger partial charge in [0.1, 0.15) is 17.8 Å². The highest BCUT2D eigenvalue weighted by atomic mass is 16.2. The van der Waals surface area contributed by atoms with Crippen LogP contribution >= 0.6 is 0 Å². The van der Waals surface area contributed by atoms with E-state index in [-0.39, 0.29) is 18.1 Å². The molecule has 10 heteroatoms. The molecule has 4 aromatic heterocycles. The molecule has 0 fully saturated rings. The molecule has 0 radical (unpaired) electrons. The Hall–Kier alpha value is -4.95. The highest BCUT2D eigenvalue weighted by Crippen LogP contribution is 2.32. The molecule has 0 saturated heterocycles. The number of benzene rings is 1. The van der Waals surface area contributed by atoms with Crippen LogP contribution in [-0.4, -0.2) is 41.4 Å². The van der Waals surface area contributed by atoms with E-state index in [2.05, 4.69) is 35.2 Å². The second-order valence-electron chi connectivity index (χ2n) is 8.50. The number of hydrogen-bond acceptors (Lipinski definition) is 7. The predicted molar refractivity (Wildman–Crippen MR) is 130 cm³/mol. The monoisotopic (exact) mass is 479 g/mol. The van der Waals surface area contributed by atoms with Crippen LogP contribution in [0.3, 0.4) is 0 Å². The van der Waals surface area contributed by atoms with Crippen LogP contribution in [0, 0.1) is 0 Å². The van der Waals surface area contributed by atoms with Gasteiger partial charge in [-0.2, -0.15) is 14.7 Å². The molecule has 5 aromatic rings. The number of rotatable bonds is 4. The topological polar surface area (TPSA) is 115 Å². The first kappa shape index (κ1) is 22.8. The van der Waals surface area contributed by atoms with Crippen molar-refractivity contribution in [2.45, 2.75) is 26.4 Å². The maximum atomic E-state index is 13.4. The minimum atomic E-state index is -0.0537. The number of pyridine rings is 2. The highest BCUT2D eigenvalue weighted by molar-refractivity contribution is 6.10. The average Bonchev–Trinajstić information content (AvgIpc) is 3.63. The van der Waals surface area contributed by atoms with Gasteiger partial charge in [0.05, 0.1) is 12.1 Å². The zero-order valence-electron chi connectivity index (χ0n) is 19.6. The second kappa shape index (κ2) is 9.36. The molecule has 5 heterocycles. The van der Waals surface area contributed by atoms with Gasteiger partial charge in [0.15, 0.2) is 5.82 Å². The first-order valence-electron chi connectivity index (χ1n) is 11.2. The van der Waals surface area contributed by atoms with E-state index in [1.165, 1.54) is 0 Å². The molecule has 0 unspecified atom stereocenters. The van der Waals surface area contributed by atoms with E-state index >= 15 is 0 Å². The molecule has 36 heavy (non-hydrogen) atoms. The Morgan fingerprint density at radius 2 is 1.81 bits per heavy atom. The molecular weight excluding hydrogens is 458 g/mol. The molecule has 10 nitrogen and oxygen atoms in total. The summed E-state index contributed by atoms with van der Waals surface area (Å²) < 4.78 is 3.80. The molecule has 1 aliphatic rings. The standard InChI is InChI=1S/C25H21N7O.CO2/c1-16(2)31-15-26-29-24(31)22-4-3-5-23(28-22)30-13-19-7-6-17(12-21(19)25(30)33)18-8-9-20-10-11-27-32(20)14-18;2-1-3/h3-12,14-16H,13H2,1-2H3;. The van der Waals surface area contributed by atoms with Crippen LogP contribution in [0.25, 0.3) is 28.2 Å². The number of hydrogen-bond donors (Lipinski definition) is 0. The van der Waals surface area contributed by atoms with Crippen molar-refractivity contribution >= 4 is 23.4 Å². The minimum absolute atomic E-state index is 0.0537. The van der Waals surface area contributed by atoms with E-state index in [1.807, 2.05) is 63.8 Å². The summed E-state index contributed by atoms with van der Waals surface area (Å²) >= 11 is 0. The van der Waals surface area contributed by atoms with E-state index in [9.17, 15) is 4.79 Å². The molecule has 0 N–H and O–H groups in total. The zero-order chi connectivity index (χ0) is 25.2. The van der Waals surface area contributed by atoms with Crippen LogP contribution in [0.5, 0.6) is 0 Å². The molecular formula is C26H21N7O3. The van der Waals surface area contributed by atoms with Crippen molar-refractivity contribution < 1.29 is 14.4 Å². The lowest BCUT2D eigenvalue weighted by Crippen LogP contribution is -2.24. The third-order valence-electron chi connectivity index (χ3n) is 6.01. The number of fused-ring (bicyclic) bond motifs is 2. The molecule has 1 aliphatic heterocycles. The molecule has 0 aliphatic carbocycles. The summed E-state index contributed by atoms with van der Waals surface area (Å²) in [5.41, 5.74) is 5.39. The van der Waals surface area contributed by atoms with Crippen molar-refractivity contribution in [2.75, 3.05) is 4.90 Å². The van der Waals surface area contributed by atoms with Crippen LogP contribution in [-0.2, 0) is 16.1 Å². The van der Waals surface area contributed by atoms with E-state index < -0.39 is 0 Å². The normalized spacial score (nSPS) is 12.4. The van der Waals surface area contributed by atoms with E-state index in [4.69, 9.17) is 14.6 Å². The molecule has 178 valence electrons. The summed E-state index contributed by atoms with van der Waals surface area (Å²) in [7, 11) is 0. The maximum Gasteiger partial charge on any atom is 0.373 e. The summed E-state index contributed by atoms with van der Waals surface area (Å²) in [6, 6.07) is 17.9. The number of anilines is 1. The first-order valence-corrected chi connectivity index (χ1v) is 11.2. The quantitative estimate of drug-likeness (QED) is 0.385. The van der Waals surface area contributed by atoms with Gasteiger partial charge in [0.25, 0.3) is 5.91 Å². The summed E-state index contributed by atoms with van der Waals surface area (Å²) in [5.74, 6) is 1.24. The lowest BCUT2D eigenvalue weighted by molar-refractivity contribution is -0.191. The van der Waals surface area contributed by atoms with Crippen LogP contribution in [0.4, 0.5) is 5.82 Å². The van der Waals surface area contributed by atoms with Crippen molar-refractivity contribution in [2.24, 2.45) is 0 Å². The Bertz CT molecular complexity index is 1610. The average molecular weight is 480 g/mol. The van der Waals surface area contributed by atoms with Gasteiger partial charge in [-0.15, -0.1) is 10.2 Å². The fourth-order valence-corrected chi connectivity index (χ4v) is 4.25. The second-order valence-corrected chi connectivity index (χ2v) is 8.50. The van der Waals surface area contributed by atoms with Crippen LogP contribution in [0.1, 0.15) is 35.8 Å². The number of carbonyl (C=O) groups is 1. The van der Waals surface area contributed by atoms with Crippen molar-refractivity contribution in [3.63, 3.8) is 0 Å². The summed E-state index contributed by atoms with van der Waals surface area (Å²) in [6.45, 7) is 4.62. The summed E-state index contributed by atoms with van der Waals surface area (Å²) in [6.07, 6.45) is 5.70. The number of amides is 1. The molecule has 0 spiro atoms. The molecule has 0 bridgehead atoms. The molecule has 0 saturated carbocycles. The fourth-order valence-electron chi connectivity index (χ4n) is 4.25. The predicted octanol–water partition coefficient (Wildman–Crippen LogP) is 3.81. The lowest BCUT2D eigenvalue weighted by Gasteiger charge is -2.16. The Morgan fingerprint density at radius 3 is 2.61 bits per heavy atom. The SMILES string of the molecule is CC(C)n1cnnc1-c1cccc(N2Cc3ccc(-c4ccc5ccnn5c4)cc3C2=O)n1.O=C=O. The molecule has 6 rings (SSSR count). The lowest BCUT2D eigenvalue weighted by atomic mass is 10.0. The van der Waals surface area contributed by atoms with Crippen molar-refractivity contribution in [1.82, 2.24) is 29.4 Å². The Labute approximate surface area is 205 Å². The van der Waals surface area contributed by atoms with Crippen molar-refractivity contribution in [1.29, 1.82) is 0 Å². The number of nitrogens with zero attached hydrogens (tertiary/aromatic N) is 7. The van der Waals surface area contributed by atoms with Gasteiger partial charge in [-0.05, 0) is 55.3 Å². The van der Waals surface area contributed by atoms with Gasteiger partial charge < -0.3 is 4.57 Å². The largest absolute Gasteiger partial charge is 0.373 e. The van der Waals surface area contributed by atoms with Gasteiger partial charge in [0, 0.05) is 29.6 Å². The van der Waals surface area contributed by atoms with Crippen LogP contribution in [0.2, 0.25) is 0 Å². The van der Waals surface area contributed by atoms with E-state index in [0.717, 1.165) is 22.2 Å². The van der Waals surface area contributed by atoms with Crippen LogP contribution < -0.4 is 4.90 Å². The summed E-state index contributed by atoms with van der Waals surface area (Å²) in [4.78, 5) is 36.1. The minimum Gasteiger partial charge on any atom is -0.310 e.